The van der Waals surface area contributed by atoms with E-state index in [9.17, 15) is 9.59 Å². The summed E-state index contributed by atoms with van der Waals surface area (Å²) < 4.78 is 5.23. The Morgan fingerprint density at radius 3 is 2.52 bits per heavy atom. The van der Waals surface area contributed by atoms with Gasteiger partial charge in [0.1, 0.15) is 5.56 Å². The van der Waals surface area contributed by atoms with Crippen LogP contribution < -0.4 is 5.32 Å². The van der Waals surface area contributed by atoms with Crippen molar-refractivity contribution in [3.05, 3.63) is 17.0 Å². The van der Waals surface area contributed by atoms with Crippen LogP contribution in [0.3, 0.4) is 0 Å². The van der Waals surface area contributed by atoms with Crippen LogP contribution in [0.25, 0.3) is 0 Å². The average Bonchev–Trinajstić information content (AvgIpc) is 2.95. The quantitative estimate of drug-likeness (QED) is 0.870. The molecule has 21 heavy (non-hydrogen) atoms. The van der Waals surface area contributed by atoms with E-state index < -0.39 is 11.5 Å². The highest BCUT2D eigenvalue weighted by Gasteiger charge is 2.38. The molecule has 2 rings (SSSR count). The van der Waals surface area contributed by atoms with E-state index in [1.54, 1.807) is 6.92 Å². The second-order valence-corrected chi connectivity index (χ2v) is 6.17. The number of carboxylic acids is 1. The molecule has 1 fully saturated rings. The van der Waals surface area contributed by atoms with E-state index in [1.807, 2.05) is 13.8 Å². The summed E-state index contributed by atoms with van der Waals surface area (Å²) >= 11 is 0. The van der Waals surface area contributed by atoms with E-state index in [0.29, 0.717) is 29.9 Å². The first-order valence-corrected chi connectivity index (χ1v) is 7.35. The summed E-state index contributed by atoms with van der Waals surface area (Å²) in [5.41, 5.74) is 0.349. The van der Waals surface area contributed by atoms with E-state index in [-0.39, 0.29) is 18.2 Å². The highest BCUT2D eigenvalue weighted by molar-refractivity contribution is 5.97. The highest BCUT2D eigenvalue weighted by atomic mass is 16.5. The molecular formula is C15H22N2O4. The summed E-state index contributed by atoms with van der Waals surface area (Å²) in [7, 11) is 0. The van der Waals surface area contributed by atoms with Crippen LogP contribution in [0.1, 0.15) is 73.7 Å². The maximum atomic E-state index is 12.6. The number of amides is 1. The molecule has 0 saturated heterocycles. The molecule has 2 N–H and O–H groups in total. The molecule has 0 bridgehead atoms. The van der Waals surface area contributed by atoms with Gasteiger partial charge in [0, 0.05) is 5.92 Å². The van der Waals surface area contributed by atoms with Crippen molar-refractivity contribution in [2.45, 2.75) is 64.3 Å². The van der Waals surface area contributed by atoms with Gasteiger partial charge in [-0.3, -0.25) is 9.59 Å². The summed E-state index contributed by atoms with van der Waals surface area (Å²) in [6.07, 6.45) is 3.24. The molecule has 1 aliphatic rings. The lowest BCUT2D eigenvalue weighted by Crippen LogP contribution is -2.48. The number of carboxylic acid groups (broad SMARTS) is 1. The van der Waals surface area contributed by atoms with Crippen LogP contribution in [-0.2, 0) is 4.79 Å². The van der Waals surface area contributed by atoms with Gasteiger partial charge >= 0.3 is 5.97 Å². The van der Waals surface area contributed by atoms with E-state index in [2.05, 4.69) is 10.5 Å². The smallest absolute Gasteiger partial charge is 0.305 e. The molecular weight excluding hydrogens is 272 g/mol. The number of nitrogens with one attached hydrogen (secondary N) is 1. The lowest BCUT2D eigenvalue weighted by atomic mass is 9.92. The lowest BCUT2D eigenvalue weighted by molar-refractivity contribution is -0.138. The predicted octanol–water partition coefficient (Wildman–Crippen LogP) is 2.62. The molecule has 0 unspecified atom stereocenters. The lowest BCUT2D eigenvalue weighted by Gasteiger charge is -2.28. The second-order valence-electron chi connectivity index (χ2n) is 6.17. The van der Waals surface area contributed by atoms with Gasteiger partial charge in [-0.1, -0.05) is 31.8 Å². The van der Waals surface area contributed by atoms with Crippen LogP contribution in [0.5, 0.6) is 0 Å². The van der Waals surface area contributed by atoms with E-state index in [1.165, 1.54) is 0 Å². The molecule has 0 radical (unpaired) electrons. The van der Waals surface area contributed by atoms with Crippen molar-refractivity contribution in [1.29, 1.82) is 0 Å². The number of hydrogen-bond donors (Lipinski definition) is 2. The first kappa shape index (κ1) is 15.5. The van der Waals surface area contributed by atoms with Crippen molar-refractivity contribution in [3.63, 3.8) is 0 Å². The summed E-state index contributed by atoms with van der Waals surface area (Å²) in [6.45, 7) is 5.58. The second kappa shape index (κ2) is 5.87. The maximum Gasteiger partial charge on any atom is 0.305 e. The van der Waals surface area contributed by atoms with Crippen molar-refractivity contribution in [2.24, 2.45) is 0 Å². The molecule has 1 saturated carbocycles. The van der Waals surface area contributed by atoms with Gasteiger partial charge in [0.25, 0.3) is 5.91 Å². The van der Waals surface area contributed by atoms with Crippen molar-refractivity contribution in [3.8, 4) is 0 Å². The first-order valence-electron chi connectivity index (χ1n) is 7.35. The minimum Gasteiger partial charge on any atom is -0.481 e. The number of aromatic nitrogens is 1. The van der Waals surface area contributed by atoms with Gasteiger partial charge < -0.3 is 14.9 Å². The van der Waals surface area contributed by atoms with Gasteiger partial charge in [-0.2, -0.15) is 0 Å². The summed E-state index contributed by atoms with van der Waals surface area (Å²) in [5.74, 6) is -0.566. The molecule has 6 heteroatoms. The Balaban J connectivity index is 2.24. The van der Waals surface area contributed by atoms with Gasteiger partial charge in [0.05, 0.1) is 17.7 Å². The van der Waals surface area contributed by atoms with Crippen molar-refractivity contribution < 1.29 is 19.2 Å². The maximum absolute atomic E-state index is 12.6. The molecule has 6 nitrogen and oxygen atoms in total. The Morgan fingerprint density at radius 1 is 1.38 bits per heavy atom. The number of carbonyl (C=O) groups excluding carboxylic acids is 1. The fraction of sp³-hybridized carbons (Fsp3) is 0.667. The van der Waals surface area contributed by atoms with Crippen LogP contribution in [0.15, 0.2) is 4.52 Å². The number of carbonyl (C=O) groups is 2. The zero-order valence-corrected chi connectivity index (χ0v) is 12.7. The molecule has 1 aliphatic carbocycles. The summed E-state index contributed by atoms with van der Waals surface area (Å²) in [6, 6.07) is 0. The average molecular weight is 294 g/mol. The summed E-state index contributed by atoms with van der Waals surface area (Å²) in [5, 5.41) is 15.9. The third-order valence-corrected chi connectivity index (χ3v) is 4.07. The molecule has 1 heterocycles. The van der Waals surface area contributed by atoms with Crippen molar-refractivity contribution in [1.82, 2.24) is 10.5 Å². The normalized spacial score (nSPS) is 17.1. The van der Waals surface area contributed by atoms with Crippen LogP contribution in [-0.4, -0.2) is 27.7 Å². The highest BCUT2D eigenvalue weighted by Crippen LogP contribution is 2.33. The van der Waals surface area contributed by atoms with E-state index in [0.717, 1.165) is 12.8 Å². The number of aryl methyl sites for hydroxylation is 1. The van der Waals surface area contributed by atoms with Crippen LogP contribution in [0, 0.1) is 6.92 Å². The fourth-order valence-electron chi connectivity index (χ4n) is 3.05. The largest absolute Gasteiger partial charge is 0.481 e. The van der Waals surface area contributed by atoms with Gasteiger partial charge in [0.15, 0.2) is 5.76 Å². The Labute approximate surface area is 123 Å². The summed E-state index contributed by atoms with van der Waals surface area (Å²) in [4.78, 5) is 23.7. The predicted molar refractivity (Wildman–Crippen MR) is 76.2 cm³/mol. The van der Waals surface area contributed by atoms with Crippen molar-refractivity contribution >= 4 is 11.9 Å². The Bertz CT molecular complexity index is 542. The Hall–Kier alpha value is -1.85. The van der Waals surface area contributed by atoms with E-state index in [4.69, 9.17) is 9.63 Å². The molecule has 0 spiro atoms. The number of hydrogen-bond acceptors (Lipinski definition) is 4. The van der Waals surface area contributed by atoms with Gasteiger partial charge in [-0.05, 0) is 19.8 Å². The van der Waals surface area contributed by atoms with Gasteiger partial charge in [-0.15, -0.1) is 0 Å². The molecule has 0 aromatic carbocycles. The standard InChI is InChI=1S/C15H22N2O4/c1-9(2)13-12(10(3)17-21-13)14(20)16-15(8-11(18)19)6-4-5-7-15/h9H,4-8H2,1-3H3,(H,16,20)(H,18,19). The van der Waals surface area contributed by atoms with Crippen LogP contribution in [0.2, 0.25) is 0 Å². The molecule has 1 amide bonds. The molecule has 1 aromatic heterocycles. The Kier molecular flexibility index (Phi) is 4.34. The topological polar surface area (TPSA) is 92.4 Å². The zero-order valence-electron chi connectivity index (χ0n) is 12.7. The minimum atomic E-state index is -0.886. The van der Waals surface area contributed by atoms with Gasteiger partial charge in [-0.25, -0.2) is 0 Å². The molecule has 116 valence electrons. The van der Waals surface area contributed by atoms with Crippen LogP contribution >= 0.6 is 0 Å². The van der Waals surface area contributed by atoms with E-state index >= 15 is 0 Å². The Morgan fingerprint density at radius 2 is 2.00 bits per heavy atom. The monoisotopic (exact) mass is 294 g/mol. The van der Waals surface area contributed by atoms with Crippen LogP contribution in [0.4, 0.5) is 0 Å². The first-order chi connectivity index (χ1) is 9.84. The van der Waals surface area contributed by atoms with Gasteiger partial charge in [0.2, 0.25) is 0 Å². The minimum absolute atomic E-state index is 0.0416. The number of aliphatic carboxylic acids is 1. The molecule has 0 aliphatic heterocycles. The fourth-order valence-corrected chi connectivity index (χ4v) is 3.05. The zero-order chi connectivity index (χ0) is 15.6. The molecule has 1 aromatic rings. The third-order valence-electron chi connectivity index (χ3n) is 4.07. The number of rotatable bonds is 5. The molecule has 0 atom stereocenters. The SMILES string of the molecule is Cc1noc(C(C)C)c1C(=O)NC1(CC(=O)O)CCCC1. The van der Waals surface area contributed by atoms with Crippen molar-refractivity contribution in [2.75, 3.05) is 0 Å². The third kappa shape index (κ3) is 3.25. The number of nitrogens with zero attached hydrogens (tertiary/aromatic N) is 1.